The van der Waals surface area contributed by atoms with Crippen molar-refractivity contribution in [2.75, 3.05) is 23.3 Å². The highest BCUT2D eigenvalue weighted by molar-refractivity contribution is 7.14. The summed E-state index contributed by atoms with van der Waals surface area (Å²) in [4.78, 5) is 34.1. The van der Waals surface area contributed by atoms with E-state index >= 15 is 0 Å². The van der Waals surface area contributed by atoms with E-state index in [0.717, 1.165) is 0 Å². The van der Waals surface area contributed by atoms with Gasteiger partial charge >= 0.3 is 6.03 Å². The van der Waals surface area contributed by atoms with E-state index in [4.69, 9.17) is 0 Å². The van der Waals surface area contributed by atoms with E-state index in [-0.39, 0.29) is 18.4 Å². The maximum Gasteiger partial charge on any atom is 0.323 e. The molecule has 0 bridgehead atoms. The second kappa shape index (κ2) is 6.92. The molecule has 132 valence electrons. The number of carbonyl (C=O) groups is 2. The number of nitrogens with zero attached hydrogens (tertiary/aromatic N) is 5. The van der Waals surface area contributed by atoms with Gasteiger partial charge in [-0.25, -0.2) is 19.4 Å². The zero-order chi connectivity index (χ0) is 17.9. The molecule has 1 saturated heterocycles. The number of carbonyl (C=O) groups excluding carboxylic acids is 2. The van der Waals surface area contributed by atoms with Crippen LogP contribution in [0.15, 0.2) is 42.2 Å². The quantitative estimate of drug-likeness (QED) is 0.708. The Bertz CT molecular complexity index is 920. The highest BCUT2D eigenvalue weighted by Gasteiger charge is 2.24. The molecule has 10 heteroatoms. The van der Waals surface area contributed by atoms with Crippen molar-refractivity contribution in [2.24, 2.45) is 0 Å². The molecule has 9 nitrogen and oxygen atoms in total. The molecule has 1 aliphatic rings. The third-order valence-corrected chi connectivity index (χ3v) is 4.65. The van der Waals surface area contributed by atoms with Gasteiger partial charge in [0.15, 0.2) is 10.9 Å². The highest BCUT2D eigenvalue weighted by Crippen LogP contribution is 2.22. The SMILES string of the molecule is O=C(Cc1csc(N2CCNC2=O)n1)Nc1ccc(-n2cccn2)nc1. The lowest BCUT2D eigenvalue weighted by Gasteiger charge is -2.08. The third-order valence-electron chi connectivity index (χ3n) is 3.74. The number of anilines is 2. The molecular formula is C16H15N7O2S. The number of thiazole rings is 1. The molecule has 2 N–H and O–H groups in total. The Kier molecular flexibility index (Phi) is 4.32. The van der Waals surface area contributed by atoms with Crippen LogP contribution in [-0.2, 0) is 11.2 Å². The molecule has 3 aromatic heterocycles. The van der Waals surface area contributed by atoms with Crippen LogP contribution in [-0.4, -0.2) is 44.8 Å². The lowest BCUT2D eigenvalue weighted by atomic mass is 10.3. The Morgan fingerprint density at radius 2 is 2.31 bits per heavy atom. The number of hydrogen-bond donors (Lipinski definition) is 2. The third kappa shape index (κ3) is 3.40. The lowest BCUT2D eigenvalue weighted by Crippen LogP contribution is -2.27. The van der Waals surface area contributed by atoms with Gasteiger partial charge in [0.1, 0.15) is 0 Å². The highest BCUT2D eigenvalue weighted by atomic mass is 32.1. The molecule has 4 rings (SSSR count). The molecule has 1 fully saturated rings. The number of hydrogen-bond acceptors (Lipinski definition) is 6. The topological polar surface area (TPSA) is 105 Å². The summed E-state index contributed by atoms with van der Waals surface area (Å²) in [6.45, 7) is 1.20. The van der Waals surface area contributed by atoms with E-state index in [1.165, 1.54) is 11.3 Å². The summed E-state index contributed by atoms with van der Waals surface area (Å²) in [5, 5.41) is 12.0. The number of pyridine rings is 1. The van der Waals surface area contributed by atoms with Crippen LogP contribution in [0.4, 0.5) is 15.6 Å². The van der Waals surface area contributed by atoms with Gasteiger partial charge in [-0.15, -0.1) is 11.3 Å². The van der Waals surface area contributed by atoms with Gasteiger partial charge in [-0.1, -0.05) is 0 Å². The molecule has 0 spiro atoms. The van der Waals surface area contributed by atoms with Crippen molar-refractivity contribution in [2.45, 2.75) is 6.42 Å². The van der Waals surface area contributed by atoms with Gasteiger partial charge in [0, 0.05) is 30.9 Å². The predicted octanol–water partition coefficient (Wildman–Crippen LogP) is 1.43. The second-order valence-electron chi connectivity index (χ2n) is 5.59. The zero-order valence-electron chi connectivity index (χ0n) is 13.6. The second-order valence-corrected chi connectivity index (χ2v) is 6.42. The number of rotatable bonds is 5. The van der Waals surface area contributed by atoms with Crippen LogP contribution >= 0.6 is 11.3 Å². The van der Waals surface area contributed by atoms with E-state index in [0.29, 0.717) is 35.4 Å². The van der Waals surface area contributed by atoms with Crippen molar-refractivity contribution in [1.82, 2.24) is 25.1 Å². The summed E-state index contributed by atoms with van der Waals surface area (Å²) in [7, 11) is 0. The Morgan fingerprint density at radius 3 is 3.00 bits per heavy atom. The molecule has 26 heavy (non-hydrogen) atoms. The lowest BCUT2D eigenvalue weighted by molar-refractivity contribution is -0.115. The van der Waals surface area contributed by atoms with E-state index in [1.54, 1.807) is 45.7 Å². The van der Waals surface area contributed by atoms with Crippen LogP contribution in [0.25, 0.3) is 5.82 Å². The smallest absolute Gasteiger partial charge is 0.323 e. The average molecular weight is 369 g/mol. The minimum atomic E-state index is -0.193. The number of nitrogens with one attached hydrogen (secondary N) is 2. The molecule has 0 atom stereocenters. The van der Waals surface area contributed by atoms with Gasteiger partial charge in [-0.3, -0.25) is 9.69 Å². The fourth-order valence-electron chi connectivity index (χ4n) is 2.53. The van der Waals surface area contributed by atoms with Crippen molar-refractivity contribution >= 4 is 34.1 Å². The maximum atomic E-state index is 12.2. The van der Waals surface area contributed by atoms with E-state index < -0.39 is 0 Å². The van der Waals surface area contributed by atoms with Gasteiger partial charge in [0.25, 0.3) is 0 Å². The first-order chi connectivity index (χ1) is 12.7. The molecule has 0 aromatic carbocycles. The Labute approximate surface area is 152 Å². The first kappa shape index (κ1) is 16.2. The predicted molar refractivity (Wildman–Crippen MR) is 96.6 cm³/mol. The van der Waals surface area contributed by atoms with Gasteiger partial charge in [-0.05, 0) is 18.2 Å². The summed E-state index contributed by atoms with van der Waals surface area (Å²) >= 11 is 1.35. The monoisotopic (exact) mass is 369 g/mol. The summed E-state index contributed by atoms with van der Waals surface area (Å²) in [6, 6.07) is 5.20. The maximum absolute atomic E-state index is 12.2. The van der Waals surface area contributed by atoms with E-state index in [1.807, 2.05) is 6.07 Å². The van der Waals surface area contributed by atoms with Crippen molar-refractivity contribution in [3.63, 3.8) is 0 Å². The van der Waals surface area contributed by atoms with Gasteiger partial charge < -0.3 is 10.6 Å². The first-order valence-electron chi connectivity index (χ1n) is 7.95. The normalized spacial score (nSPS) is 13.7. The average Bonchev–Trinajstić information content (AvgIpc) is 3.37. The van der Waals surface area contributed by atoms with Crippen LogP contribution in [0.2, 0.25) is 0 Å². The minimum Gasteiger partial charge on any atom is -0.336 e. The van der Waals surface area contributed by atoms with Crippen molar-refractivity contribution in [3.05, 3.63) is 47.9 Å². The molecule has 4 heterocycles. The van der Waals surface area contributed by atoms with Crippen molar-refractivity contribution < 1.29 is 9.59 Å². The summed E-state index contributed by atoms with van der Waals surface area (Å²) < 4.78 is 1.64. The standard InChI is InChI=1S/C16H15N7O2S/c24-14(8-12-10-26-16(21-12)22-7-5-17-15(22)25)20-11-2-3-13(18-9-11)23-6-1-4-19-23/h1-4,6,9-10H,5,7-8H2,(H,17,25)(H,20,24). The van der Waals surface area contributed by atoms with Gasteiger partial charge in [0.2, 0.25) is 5.91 Å². The molecule has 3 aromatic rings. The number of aromatic nitrogens is 4. The number of amides is 3. The van der Waals surface area contributed by atoms with Gasteiger partial charge in [0.05, 0.1) is 24.0 Å². The summed E-state index contributed by atoms with van der Waals surface area (Å²) in [6.07, 6.45) is 5.18. The van der Waals surface area contributed by atoms with Crippen LogP contribution in [0, 0.1) is 0 Å². The van der Waals surface area contributed by atoms with Crippen LogP contribution in [0.3, 0.4) is 0 Å². The van der Waals surface area contributed by atoms with Crippen LogP contribution < -0.4 is 15.5 Å². The molecule has 3 amide bonds. The minimum absolute atomic E-state index is 0.132. The Hall–Kier alpha value is -3.27. The molecule has 0 aliphatic carbocycles. The fraction of sp³-hybridized carbons (Fsp3) is 0.188. The summed E-state index contributed by atoms with van der Waals surface area (Å²) in [5.74, 6) is 0.474. The largest absolute Gasteiger partial charge is 0.336 e. The van der Waals surface area contributed by atoms with Crippen LogP contribution in [0.5, 0.6) is 0 Å². The Morgan fingerprint density at radius 1 is 1.38 bits per heavy atom. The first-order valence-corrected chi connectivity index (χ1v) is 8.83. The van der Waals surface area contributed by atoms with Gasteiger partial charge in [-0.2, -0.15) is 5.10 Å². The fourth-order valence-corrected chi connectivity index (χ4v) is 3.37. The van der Waals surface area contributed by atoms with E-state index in [9.17, 15) is 9.59 Å². The number of urea groups is 1. The molecular weight excluding hydrogens is 354 g/mol. The summed E-state index contributed by atoms with van der Waals surface area (Å²) in [5.41, 5.74) is 1.23. The van der Waals surface area contributed by atoms with Crippen molar-refractivity contribution in [1.29, 1.82) is 0 Å². The van der Waals surface area contributed by atoms with Crippen LogP contribution in [0.1, 0.15) is 5.69 Å². The molecule has 1 aliphatic heterocycles. The molecule has 0 radical (unpaired) electrons. The molecule has 0 saturated carbocycles. The zero-order valence-corrected chi connectivity index (χ0v) is 14.4. The Balaban J connectivity index is 1.37. The van der Waals surface area contributed by atoms with Crippen molar-refractivity contribution in [3.8, 4) is 5.82 Å². The van der Waals surface area contributed by atoms with E-state index in [2.05, 4.69) is 25.7 Å². The molecule has 0 unspecified atom stereocenters.